The summed E-state index contributed by atoms with van der Waals surface area (Å²) >= 11 is 0. The Kier molecular flexibility index (Phi) is 3.43. The highest BCUT2D eigenvalue weighted by Crippen LogP contribution is 2.44. The van der Waals surface area contributed by atoms with E-state index in [4.69, 9.17) is 0 Å². The molecule has 0 saturated heterocycles. The van der Waals surface area contributed by atoms with Gasteiger partial charge in [0.15, 0.2) is 5.60 Å². The van der Waals surface area contributed by atoms with Crippen LogP contribution in [-0.2, 0) is 5.60 Å². The Balaban J connectivity index is 3.51. The van der Waals surface area contributed by atoms with E-state index >= 15 is 0 Å². The van der Waals surface area contributed by atoms with Gasteiger partial charge >= 0.3 is 6.18 Å². The summed E-state index contributed by atoms with van der Waals surface area (Å²) in [6.45, 7) is 4.15. The third kappa shape index (κ3) is 2.24. The van der Waals surface area contributed by atoms with E-state index in [0.717, 1.165) is 0 Å². The van der Waals surface area contributed by atoms with Crippen LogP contribution in [0.1, 0.15) is 30.0 Å². The molecule has 1 atom stereocenters. The van der Waals surface area contributed by atoms with Crippen molar-refractivity contribution in [2.75, 3.05) is 0 Å². The lowest BCUT2D eigenvalue weighted by Crippen LogP contribution is -2.42. The molecular weight excluding hydrogens is 233 g/mol. The van der Waals surface area contributed by atoms with Crippen molar-refractivity contribution in [2.45, 2.75) is 39.0 Å². The van der Waals surface area contributed by atoms with Crippen molar-refractivity contribution in [2.24, 2.45) is 0 Å². The molecule has 5 heteroatoms. The Morgan fingerprint density at radius 3 is 1.82 bits per heavy atom. The Labute approximate surface area is 97.7 Å². The standard InChI is InChI=1S/C12H15F3O2/c1-4-11(17,12(13,14)15)10-7(2)5-9(16)6-8(10)3/h5-6,16-17H,4H2,1-3H3. The molecule has 0 bridgehead atoms. The van der Waals surface area contributed by atoms with Gasteiger partial charge in [0, 0.05) is 0 Å². The molecule has 0 saturated carbocycles. The molecule has 96 valence electrons. The van der Waals surface area contributed by atoms with Crippen LogP contribution in [0.2, 0.25) is 0 Å². The van der Waals surface area contributed by atoms with Crippen molar-refractivity contribution in [1.29, 1.82) is 0 Å². The molecule has 1 unspecified atom stereocenters. The molecule has 0 heterocycles. The monoisotopic (exact) mass is 248 g/mol. The molecule has 1 rings (SSSR count). The number of phenols is 1. The molecule has 2 nitrogen and oxygen atoms in total. The predicted octanol–water partition coefficient (Wildman–Crippen LogP) is 3.17. The first-order valence-corrected chi connectivity index (χ1v) is 5.23. The summed E-state index contributed by atoms with van der Waals surface area (Å²) in [5, 5.41) is 19.2. The Bertz CT molecular complexity index is 403. The summed E-state index contributed by atoms with van der Waals surface area (Å²) in [7, 11) is 0. The van der Waals surface area contributed by atoms with Crippen molar-refractivity contribution in [3.63, 3.8) is 0 Å². The van der Waals surface area contributed by atoms with Gasteiger partial charge in [-0.2, -0.15) is 13.2 Å². The zero-order valence-electron chi connectivity index (χ0n) is 9.89. The van der Waals surface area contributed by atoms with Crippen LogP contribution < -0.4 is 0 Å². The van der Waals surface area contributed by atoms with Gasteiger partial charge in [0.25, 0.3) is 0 Å². The van der Waals surface area contributed by atoms with Crippen LogP contribution in [0.3, 0.4) is 0 Å². The highest BCUT2D eigenvalue weighted by molar-refractivity contribution is 5.44. The minimum atomic E-state index is -4.74. The van der Waals surface area contributed by atoms with E-state index in [1.54, 1.807) is 0 Å². The molecule has 0 aromatic heterocycles. The fourth-order valence-corrected chi connectivity index (χ4v) is 2.11. The van der Waals surface area contributed by atoms with Crippen LogP contribution >= 0.6 is 0 Å². The fraction of sp³-hybridized carbons (Fsp3) is 0.500. The molecule has 0 aliphatic heterocycles. The third-order valence-electron chi connectivity index (χ3n) is 2.91. The number of rotatable bonds is 2. The van der Waals surface area contributed by atoms with E-state index in [1.807, 2.05) is 0 Å². The molecule has 0 aliphatic rings. The average molecular weight is 248 g/mol. The number of alkyl halides is 3. The maximum atomic E-state index is 12.9. The minimum Gasteiger partial charge on any atom is -0.508 e. The highest BCUT2D eigenvalue weighted by Gasteiger charge is 2.54. The van der Waals surface area contributed by atoms with Gasteiger partial charge in [-0.1, -0.05) is 6.92 Å². The molecule has 2 N–H and O–H groups in total. The SMILES string of the molecule is CCC(O)(c1c(C)cc(O)cc1C)C(F)(F)F. The van der Waals surface area contributed by atoms with Crippen molar-refractivity contribution in [3.8, 4) is 5.75 Å². The van der Waals surface area contributed by atoms with Gasteiger partial charge < -0.3 is 10.2 Å². The molecular formula is C12H15F3O2. The number of aromatic hydroxyl groups is 1. The normalized spacial score (nSPS) is 15.7. The molecule has 1 aromatic rings. The van der Waals surface area contributed by atoms with Crippen LogP contribution in [-0.4, -0.2) is 16.4 Å². The second-order valence-electron chi connectivity index (χ2n) is 4.17. The summed E-state index contributed by atoms with van der Waals surface area (Å²) in [5.41, 5.74) is -2.59. The van der Waals surface area contributed by atoms with Gasteiger partial charge in [-0.25, -0.2) is 0 Å². The molecule has 0 radical (unpaired) electrons. The van der Waals surface area contributed by atoms with E-state index in [9.17, 15) is 23.4 Å². The first-order valence-electron chi connectivity index (χ1n) is 5.23. The molecule has 0 spiro atoms. The quantitative estimate of drug-likeness (QED) is 0.844. The van der Waals surface area contributed by atoms with Crippen LogP contribution in [0.4, 0.5) is 13.2 Å². The number of benzene rings is 1. The van der Waals surface area contributed by atoms with Crippen molar-refractivity contribution in [3.05, 3.63) is 28.8 Å². The number of aliphatic hydroxyl groups is 1. The van der Waals surface area contributed by atoms with E-state index < -0.39 is 18.2 Å². The summed E-state index contributed by atoms with van der Waals surface area (Å²) in [6, 6.07) is 2.43. The zero-order valence-corrected chi connectivity index (χ0v) is 9.89. The largest absolute Gasteiger partial charge is 0.508 e. The lowest BCUT2D eigenvalue weighted by molar-refractivity contribution is -0.268. The van der Waals surface area contributed by atoms with E-state index in [-0.39, 0.29) is 22.4 Å². The van der Waals surface area contributed by atoms with E-state index in [2.05, 4.69) is 0 Å². The number of phenolic OH excluding ortho intramolecular Hbond substituents is 1. The Morgan fingerprint density at radius 2 is 1.53 bits per heavy atom. The van der Waals surface area contributed by atoms with Gasteiger partial charge in [-0.3, -0.25) is 0 Å². The topological polar surface area (TPSA) is 40.5 Å². The van der Waals surface area contributed by atoms with Gasteiger partial charge in [0.2, 0.25) is 0 Å². The number of halogens is 3. The fourth-order valence-electron chi connectivity index (χ4n) is 2.11. The first-order chi connectivity index (χ1) is 7.63. The van der Waals surface area contributed by atoms with E-state index in [0.29, 0.717) is 0 Å². The summed E-state index contributed by atoms with van der Waals surface area (Å²) in [6.07, 6.45) is -5.21. The Hall–Kier alpha value is -1.23. The lowest BCUT2D eigenvalue weighted by Gasteiger charge is -2.32. The molecule has 1 aromatic carbocycles. The van der Waals surface area contributed by atoms with Crippen LogP contribution in [0.5, 0.6) is 5.75 Å². The van der Waals surface area contributed by atoms with Crippen LogP contribution in [0.15, 0.2) is 12.1 Å². The summed E-state index contributed by atoms with van der Waals surface area (Å²) < 4.78 is 38.8. The summed E-state index contributed by atoms with van der Waals surface area (Å²) in [4.78, 5) is 0. The molecule has 17 heavy (non-hydrogen) atoms. The van der Waals surface area contributed by atoms with Gasteiger partial charge in [0.05, 0.1) is 0 Å². The lowest BCUT2D eigenvalue weighted by atomic mass is 9.84. The maximum absolute atomic E-state index is 12.9. The molecule has 0 fully saturated rings. The second-order valence-corrected chi connectivity index (χ2v) is 4.17. The number of hydrogen-bond acceptors (Lipinski definition) is 2. The summed E-state index contributed by atoms with van der Waals surface area (Å²) in [5.74, 6) is -0.107. The van der Waals surface area contributed by atoms with Crippen molar-refractivity contribution >= 4 is 0 Å². The van der Waals surface area contributed by atoms with Crippen molar-refractivity contribution in [1.82, 2.24) is 0 Å². The highest BCUT2D eigenvalue weighted by atomic mass is 19.4. The van der Waals surface area contributed by atoms with Gasteiger partial charge in [-0.15, -0.1) is 0 Å². The van der Waals surface area contributed by atoms with Crippen LogP contribution in [0.25, 0.3) is 0 Å². The van der Waals surface area contributed by atoms with Crippen molar-refractivity contribution < 1.29 is 23.4 Å². The molecule has 0 aliphatic carbocycles. The minimum absolute atomic E-state index is 0.107. The third-order valence-corrected chi connectivity index (χ3v) is 2.91. The smallest absolute Gasteiger partial charge is 0.421 e. The number of hydrogen-bond donors (Lipinski definition) is 2. The Morgan fingerprint density at radius 1 is 1.12 bits per heavy atom. The van der Waals surface area contributed by atoms with Gasteiger partial charge in [0.1, 0.15) is 5.75 Å². The predicted molar refractivity (Wildman–Crippen MR) is 57.8 cm³/mol. The first kappa shape index (κ1) is 13.8. The van der Waals surface area contributed by atoms with Gasteiger partial charge in [-0.05, 0) is 49.1 Å². The molecule has 0 amide bonds. The number of aryl methyl sites for hydroxylation is 2. The van der Waals surface area contributed by atoms with Crippen LogP contribution in [0, 0.1) is 13.8 Å². The average Bonchev–Trinajstić information content (AvgIpc) is 2.13. The zero-order chi connectivity index (χ0) is 13.4. The second kappa shape index (κ2) is 4.22. The maximum Gasteiger partial charge on any atom is 0.421 e. The van der Waals surface area contributed by atoms with E-state index in [1.165, 1.54) is 32.9 Å².